The van der Waals surface area contributed by atoms with E-state index < -0.39 is 11.9 Å². The molecule has 0 spiro atoms. The quantitative estimate of drug-likeness (QED) is 0.610. The Labute approximate surface area is 111 Å². The van der Waals surface area contributed by atoms with Gasteiger partial charge >= 0.3 is 11.9 Å². The third-order valence-corrected chi connectivity index (χ3v) is 2.94. The van der Waals surface area contributed by atoms with Crippen LogP contribution >= 0.6 is 0 Å². The lowest BCUT2D eigenvalue weighted by atomic mass is 10.1. The van der Waals surface area contributed by atoms with E-state index in [-0.39, 0.29) is 0 Å². The number of hydrogen-bond acceptors (Lipinski definition) is 3. The van der Waals surface area contributed by atoms with Crippen molar-refractivity contribution in [2.75, 3.05) is 14.2 Å². The van der Waals surface area contributed by atoms with Gasteiger partial charge in [0, 0.05) is 13.6 Å². The number of likely N-dealkylation sites (N-methyl/N-ethyl adjacent to an activating group) is 1. The molecule has 1 amide bonds. The van der Waals surface area contributed by atoms with Gasteiger partial charge in [-0.3, -0.25) is 4.79 Å². The zero-order chi connectivity index (χ0) is 13.8. The van der Waals surface area contributed by atoms with Crippen molar-refractivity contribution < 1.29 is 14.3 Å². The molecule has 2 rings (SSSR count). The van der Waals surface area contributed by atoms with Crippen LogP contribution in [-0.2, 0) is 20.9 Å². The SMILES string of the molecule is COC(=O)C(=O)N(C)Cc1ccc2ccccc2c1. The molecule has 19 heavy (non-hydrogen) atoms. The number of rotatable bonds is 2. The predicted molar refractivity (Wildman–Crippen MR) is 72.4 cm³/mol. The van der Waals surface area contributed by atoms with Gasteiger partial charge in [0.25, 0.3) is 0 Å². The van der Waals surface area contributed by atoms with E-state index in [9.17, 15) is 9.59 Å². The Morgan fingerprint density at radius 1 is 1.11 bits per heavy atom. The van der Waals surface area contributed by atoms with Gasteiger partial charge in [-0.15, -0.1) is 0 Å². The first kappa shape index (κ1) is 13.1. The van der Waals surface area contributed by atoms with E-state index in [0.29, 0.717) is 6.54 Å². The summed E-state index contributed by atoms with van der Waals surface area (Å²) in [7, 11) is 2.78. The van der Waals surface area contributed by atoms with Crippen LogP contribution in [0.5, 0.6) is 0 Å². The van der Waals surface area contributed by atoms with Crippen LogP contribution in [0.25, 0.3) is 10.8 Å². The smallest absolute Gasteiger partial charge is 0.396 e. The van der Waals surface area contributed by atoms with Crippen LogP contribution in [0, 0.1) is 0 Å². The van der Waals surface area contributed by atoms with Gasteiger partial charge in [-0.05, 0) is 22.4 Å². The second-order valence-electron chi connectivity index (χ2n) is 4.33. The van der Waals surface area contributed by atoms with E-state index in [2.05, 4.69) is 4.74 Å². The van der Waals surface area contributed by atoms with Crippen molar-refractivity contribution in [3.8, 4) is 0 Å². The number of benzene rings is 2. The molecule has 0 atom stereocenters. The van der Waals surface area contributed by atoms with Gasteiger partial charge in [0.15, 0.2) is 0 Å². The molecule has 0 aromatic heterocycles. The molecule has 0 unspecified atom stereocenters. The van der Waals surface area contributed by atoms with E-state index in [4.69, 9.17) is 0 Å². The van der Waals surface area contributed by atoms with E-state index >= 15 is 0 Å². The number of amides is 1. The Kier molecular flexibility index (Phi) is 3.80. The summed E-state index contributed by atoms with van der Waals surface area (Å²) in [6.07, 6.45) is 0. The van der Waals surface area contributed by atoms with Gasteiger partial charge in [-0.1, -0.05) is 36.4 Å². The highest BCUT2D eigenvalue weighted by atomic mass is 16.5. The van der Waals surface area contributed by atoms with Crippen molar-refractivity contribution in [2.45, 2.75) is 6.54 Å². The van der Waals surface area contributed by atoms with E-state index in [1.54, 1.807) is 7.05 Å². The number of methoxy groups -OCH3 is 1. The summed E-state index contributed by atoms with van der Waals surface area (Å²) in [6.45, 7) is 0.374. The molecular formula is C15H15NO3. The average molecular weight is 257 g/mol. The molecule has 0 fully saturated rings. The molecule has 0 radical (unpaired) electrons. The van der Waals surface area contributed by atoms with Crippen molar-refractivity contribution in [2.24, 2.45) is 0 Å². The Bertz CT molecular complexity index is 622. The second kappa shape index (κ2) is 5.52. The van der Waals surface area contributed by atoms with Gasteiger partial charge in [-0.25, -0.2) is 4.79 Å². The number of carbonyl (C=O) groups excluding carboxylic acids is 2. The number of carbonyl (C=O) groups is 2. The number of ether oxygens (including phenoxy) is 1. The van der Waals surface area contributed by atoms with Gasteiger partial charge in [0.05, 0.1) is 7.11 Å². The summed E-state index contributed by atoms with van der Waals surface area (Å²) in [5.74, 6) is -1.49. The van der Waals surface area contributed by atoms with Crippen molar-refractivity contribution in [1.82, 2.24) is 4.90 Å². The van der Waals surface area contributed by atoms with Crippen molar-refractivity contribution in [3.63, 3.8) is 0 Å². The van der Waals surface area contributed by atoms with Crippen molar-refractivity contribution in [3.05, 3.63) is 48.0 Å². The molecular weight excluding hydrogens is 242 g/mol. The lowest BCUT2D eigenvalue weighted by molar-refractivity contribution is -0.157. The standard InChI is InChI=1S/C15H15NO3/c1-16(14(17)15(18)19-2)10-11-7-8-12-5-3-4-6-13(12)9-11/h3-9H,10H2,1-2H3. The van der Waals surface area contributed by atoms with E-state index in [0.717, 1.165) is 16.3 Å². The Balaban J connectivity index is 2.17. The lowest BCUT2D eigenvalue weighted by Crippen LogP contribution is -2.33. The second-order valence-corrected chi connectivity index (χ2v) is 4.33. The van der Waals surface area contributed by atoms with Crippen LogP contribution in [0.2, 0.25) is 0 Å². The molecule has 4 heteroatoms. The number of hydrogen-bond donors (Lipinski definition) is 0. The fourth-order valence-electron chi connectivity index (χ4n) is 1.93. The van der Waals surface area contributed by atoms with Gasteiger partial charge < -0.3 is 9.64 Å². The summed E-state index contributed by atoms with van der Waals surface area (Å²) in [5, 5.41) is 2.26. The molecule has 0 aliphatic rings. The van der Waals surface area contributed by atoms with Crippen LogP contribution in [0.15, 0.2) is 42.5 Å². The minimum absolute atomic E-state index is 0.374. The average Bonchev–Trinajstić information content (AvgIpc) is 2.45. The van der Waals surface area contributed by atoms with Crippen molar-refractivity contribution in [1.29, 1.82) is 0 Å². The molecule has 4 nitrogen and oxygen atoms in total. The number of nitrogens with zero attached hydrogens (tertiary/aromatic N) is 1. The molecule has 0 saturated heterocycles. The summed E-state index contributed by atoms with van der Waals surface area (Å²) < 4.78 is 4.41. The fourth-order valence-corrected chi connectivity index (χ4v) is 1.93. The first-order valence-electron chi connectivity index (χ1n) is 5.93. The summed E-state index contributed by atoms with van der Waals surface area (Å²) in [5.41, 5.74) is 0.971. The Morgan fingerprint density at radius 3 is 2.47 bits per heavy atom. The third kappa shape index (κ3) is 2.91. The number of esters is 1. The molecule has 0 aliphatic heterocycles. The number of fused-ring (bicyclic) bond motifs is 1. The highest BCUT2D eigenvalue weighted by Crippen LogP contribution is 2.16. The van der Waals surface area contributed by atoms with Crippen LogP contribution in [0.3, 0.4) is 0 Å². The molecule has 2 aromatic carbocycles. The molecule has 0 N–H and O–H groups in total. The van der Waals surface area contributed by atoms with Crippen LogP contribution in [0.4, 0.5) is 0 Å². The highest BCUT2D eigenvalue weighted by molar-refractivity contribution is 6.32. The first-order valence-corrected chi connectivity index (χ1v) is 5.93. The zero-order valence-electron chi connectivity index (χ0n) is 10.9. The van der Waals surface area contributed by atoms with Gasteiger partial charge in [0.1, 0.15) is 0 Å². The molecule has 0 bridgehead atoms. The molecule has 2 aromatic rings. The summed E-state index contributed by atoms with van der Waals surface area (Å²) in [4.78, 5) is 24.1. The fraction of sp³-hybridized carbons (Fsp3) is 0.200. The molecule has 0 aliphatic carbocycles. The maximum atomic E-state index is 11.6. The summed E-state index contributed by atoms with van der Waals surface area (Å²) >= 11 is 0. The minimum atomic E-state index is -0.844. The van der Waals surface area contributed by atoms with Gasteiger partial charge in [0.2, 0.25) is 0 Å². The minimum Gasteiger partial charge on any atom is -0.462 e. The zero-order valence-corrected chi connectivity index (χ0v) is 10.9. The lowest BCUT2D eigenvalue weighted by Gasteiger charge is -2.15. The summed E-state index contributed by atoms with van der Waals surface area (Å²) in [6, 6.07) is 14.0. The normalized spacial score (nSPS) is 10.2. The largest absolute Gasteiger partial charge is 0.462 e. The van der Waals surface area contributed by atoms with Crippen LogP contribution in [0.1, 0.15) is 5.56 Å². The Morgan fingerprint density at radius 2 is 1.79 bits per heavy atom. The molecule has 0 saturated carbocycles. The van der Waals surface area contributed by atoms with Crippen LogP contribution in [-0.4, -0.2) is 30.9 Å². The highest BCUT2D eigenvalue weighted by Gasteiger charge is 2.18. The van der Waals surface area contributed by atoms with Gasteiger partial charge in [-0.2, -0.15) is 0 Å². The maximum Gasteiger partial charge on any atom is 0.396 e. The monoisotopic (exact) mass is 257 g/mol. The first-order chi connectivity index (χ1) is 9.11. The van der Waals surface area contributed by atoms with E-state index in [1.807, 2.05) is 42.5 Å². The van der Waals surface area contributed by atoms with Crippen LogP contribution < -0.4 is 0 Å². The topological polar surface area (TPSA) is 46.6 Å². The molecule has 0 heterocycles. The Hall–Kier alpha value is -2.36. The van der Waals surface area contributed by atoms with E-state index in [1.165, 1.54) is 12.0 Å². The molecule has 98 valence electrons. The third-order valence-electron chi connectivity index (χ3n) is 2.94. The predicted octanol–water partition coefficient (Wildman–Crippen LogP) is 1.97. The van der Waals surface area contributed by atoms with Crippen molar-refractivity contribution >= 4 is 22.6 Å². The maximum absolute atomic E-state index is 11.6.